The van der Waals surface area contributed by atoms with E-state index in [9.17, 15) is 4.79 Å². The van der Waals surface area contributed by atoms with Crippen molar-refractivity contribution in [2.45, 2.75) is 33.6 Å². The molecule has 0 radical (unpaired) electrons. The minimum absolute atomic E-state index is 0.0787. The van der Waals surface area contributed by atoms with Crippen LogP contribution in [0.3, 0.4) is 0 Å². The molecule has 2 rings (SSSR count). The van der Waals surface area contributed by atoms with Gasteiger partial charge in [0.25, 0.3) is 0 Å². The number of rotatable bonds is 0. The topological polar surface area (TPSA) is 22.0 Å². The summed E-state index contributed by atoms with van der Waals surface area (Å²) in [7, 11) is 0. The summed E-state index contributed by atoms with van der Waals surface area (Å²) in [5, 5.41) is 0. The molecular weight excluding hydrogens is 194 g/mol. The van der Waals surface area contributed by atoms with Crippen molar-refractivity contribution in [1.82, 2.24) is 3.97 Å². The molecule has 0 fully saturated rings. The number of fused-ring (bicyclic) bond motifs is 1. The van der Waals surface area contributed by atoms with Gasteiger partial charge < -0.3 is 0 Å². The van der Waals surface area contributed by atoms with E-state index < -0.39 is 0 Å². The van der Waals surface area contributed by atoms with Crippen LogP contribution >= 0.6 is 12.8 Å². The molecule has 0 aliphatic heterocycles. The molecule has 1 aliphatic carbocycles. The van der Waals surface area contributed by atoms with Crippen molar-refractivity contribution in [3.05, 3.63) is 23.0 Å². The predicted octanol–water partition coefficient (Wildman–Crippen LogP) is 2.64. The van der Waals surface area contributed by atoms with E-state index in [1.165, 1.54) is 0 Å². The first-order chi connectivity index (χ1) is 6.41. The van der Waals surface area contributed by atoms with Crippen LogP contribution in [0.15, 0.2) is 6.20 Å². The zero-order valence-electron chi connectivity index (χ0n) is 8.79. The van der Waals surface area contributed by atoms with Crippen molar-refractivity contribution in [1.29, 1.82) is 0 Å². The molecule has 1 aromatic heterocycles. The molecule has 1 aromatic rings. The summed E-state index contributed by atoms with van der Waals surface area (Å²) in [4.78, 5) is 11.9. The lowest BCUT2D eigenvalue weighted by Crippen LogP contribution is -2.27. The number of aromatic nitrogens is 1. The maximum atomic E-state index is 11.9. The smallest absolute Gasteiger partial charge is 0.165 e. The molecule has 1 aliphatic rings. The second-order valence-corrected chi connectivity index (χ2v) is 5.35. The van der Waals surface area contributed by atoms with E-state index in [0.29, 0.717) is 6.42 Å². The van der Waals surface area contributed by atoms with Crippen molar-refractivity contribution in [3.8, 4) is 0 Å². The number of nitrogens with zero attached hydrogens (tertiary/aromatic N) is 1. The molecule has 14 heavy (non-hydrogen) atoms. The highest BCUT2D eigenvalue weighted by molar-refractivity contribution is 7.78. The van der Waals surface area contributed by atoms with Crippen molar-refractivity contribution in [3.63, 3.8) is 0 Å². The monoisotopic (exact) mass is 209 g/mol. The van der Waals surface area contributed by atoms with Gasteiger partial charge in [0.1, 0.15) is 0 Å². The van der Waals surface area contributed by atoms with Gasteiger partial charge in [-0.15, -0.1) is 0 Å². The van der Waals surface area contributed by atoms with E-state index in [-0.39, 0.29) is 11.2 Å². The number of carbonyl (C=O) groups is 1. The molecule has 76 valence electrons. The van der Waals surface area contributed by atoms with E-state index in [1.54, 1.807) is 3.97 Å². The summed E-state index contributed by atoms with van der Waals surface area (Å²) in [5.41, 5.74) is 3.11. The standard InChI is InChI=1S/C11H15NOS/c1-7-6-12(14)8-4-11(2,3)5-9(13)10(7)8/h6,14H,4-5H2,1-3H3. The summed E-state index contributed by atoms with van der Waals surface area (Å²) in [6, 6.07) is 0. The van der Waals surface area contributed by atoms with Gasteiger partial charge in [-0.05, 0) is 24.3 Å². The van der Waals surface area contributed by atoms with Crippen LogP contribution in [0, 0.1) is 12.3 Å². The summed E-state index contributed by atoms with van der Waals surface area (Å²) in [6.07, 6.45) is 3.51. The van der Waals surface area contributed by atoms with Gasteiger partial charge in [-0.25, -0.2) is 0 Å². The van der Waals surface area contributed by atoms with Crippen LogP contribution in [0.25, 0.3) is 0 Å². The Bertz CT molecular complexity index is 404. The molecule has 2 nitrogen and oxygen atoms in total. The zero-order chi connectivity index (χ0) is 10.5. The number of ketones is 1. The first kappa shape index (κ1) is 9.84. The molecule has 0 saturated carbocycles. The average molecular weight is 209 g/mol. The van der Waals surface area contributed by atoms with Crippen LogP contribution in [-0.4, -0.2) is 9.76 Å². The van der Waals surface area contributed by atoms with Gasteiger partial charge in [-0.2, -0.15) is 0 Å². The first-order valence-electron chi connectivity index (χ1n) is 4.84. The minimum atomic E-state index is 0.0787. The Kier molecular flexibility index (Phi) is 2.03. The van der Waals surface area contributed by atoms with Gasteiger partial charge in [-0.1, -0.05) is 26.7 Å². The number of thiol groups is 1. The molecule has 1 heterocycles. The lowest BCUT2D eigenvalue weighted by molar-refractivity contribution is 0.0911. The van der Waals surface area contributed by atoms with Crippen LogP contribution in [-0.2, 0) is 6.42 Å². The second kappa shape index (κ2) is 2.89. The highest BCUT2D eigenvalue weighted by Crippen LogP contribution is 2.36. The number of Topliss-reactive ketones (excluding diaryl/α,β-unsaturated/α-hetero) is 1. The Balaban J connectivity index is 2.58. The van der Waals surface area contributed by atoms with Crippen molar-refractivity contribution in [2.75, 3.05) is 0 Å². The SMILES string of the molecule is Cc1cn(S)c2c1C(=O)CC(C)(C)C2. The number of aryl methyl sites for hydroxylation is 1. The summed E-state index contributed by atoms with van der Waals surface area (Å²) >= 11 is 4.34. The van der Waals surface area contributed by atoms with Crippen LogP contribution in [0.5, 0.6) is 0 Å². The quantitative estimate of drug-likeness (QED) is 0.652. The molecule has 0 N–H and O–H groups in total. The Labute approximate surface area is 89.9 Å². The molecule has 0 spiro atoms. The maximum absolute atomic E-state index is 11.9. The third-order valence-electron chi connectivity index (χ3n) is 2.84. The van der Waals surface area contributed by atoms with Gasteiger partial charge in [0, 0.05) is 23.9 Å². The van der Waals surface area contributed by atoms with E-state index in [0.717, 1.165) is 23.2 Å². The van der Waals surface area contributed by atoms with Gasteiger partial charge in [-0.3, -0.25) is 8.77 Å². The fraction of sp³-hybridized carbons (Fsp3) is 0.545. The van der Waals surface area contributed by atoms with Gasteiger partial charge >= 0.3 is 0 Å². The van der Waals surface area contributed by atoms with Gasteiger partial charge in [0.05, 0.1) is 0 Å². The molecule has 0 atom stereocenters. The lowest BCUT2D eigenvalue weighted by atomic mass is 9.76. The van der Waals surface area contributed by atoms with Crippen molar-refractivity contribution < 1.29 is 4.79 Å². The molecule has 0 amide bonds. The first-order valence-corrected chi connectivity index (χ1v) is 5.24. The van der Waals surface area contributed by atoms with E-state index in [1.807, 2.05) is 13.1 Å². The lowest BCUT2D eigenvalue weighted by Gasteiger charge is -2.29. The predicted molar refractivity (Wildman–Crippen MR) is 60.0 cm³/mol. The number of hydrogen-bond donors (Lipinski definition) is 1. The summed E-state index contributed by atoms with van der Waals surface area (Å²) < 4.78 is 1.80. The van der Waals surface area contributed by atoms with Gasteiger partial charge in [0.2, 0.25) is 0 Å². The Morgan fingerprint density at radius 1 is 1.43 bits per heavy atom. The molecule has 0 aromatic carbocycles. The van der Waals surface area contributed by atoms with Crippen LogP contribution in [0.2, 0.25) is 0 Å². The third-order valence-corrected chi connectivity index (χ3v) is 3.20. The van der Waals surface area contributed by atoms with Crippen LogP contribution in [0.1, 0.15) is 41.9 Å². The summed E-state index contributed by atoms with van der Waals surface area (Å²) in [6.45, 7) is 6.23. The van der Waals surface area contributed by atoms with E-state index in [2.05, 4.69) is 26.7 Å². The fourth-order valence-electron chi connectivity index (χ4n) is 2.26. The molecular formula is C11H15NOS. The highest BCUT2D eigenvalue weighted by Gasteiger charge is 2.33. The Hall–Kier alpha value is -0.700. The largest absolute Gasteiger partial charge is 0.297 e. The Morgan fingerprint density at radius 3 is 2.71 bits per heavy atom. The highest BCUT2D eigenvalue weighted by atomic mass is 32.1. The fourth-order valence-corrected chi connectivity index (χ4v) is 2.60. The van der Waals surface area contributed by atoms with Crippen molar-refractivity contribution >= 4 is 18.6 Å². The second-order valence-electron chi connectivity index (χ2n) is 4.92. The van der Waals surface area contributed by atoms with Crippen LogP contribution < -0.4 is 0 Å². The third kappa shape index (κ3) is 1.40. The molecule has 3 heteroatoms. The molecule has 0 saturated heterocycles. The van der Waals surface area contributed by atoms with Crippen molar-refractivity contribution in [2.24, 2.45) is 5.41 Å². The van der Waals surface area contributed by atoms with E-state index >= 15 is 0 Å². The van der Waals surface area contributed by atoms with Gasteiger partial charge in [0.15, 0.2) is 5.78 Å². The number of carbonyl (C=O) groups excluding carboxylic acids is 1. The minimum Gasteiger partial charge on any atom is -0.297 e. The number of hydrogen-bond acceptors (Lipinski definition) is 2. The molecule has 0 unspecified atom stereocenters. The zero-order valence-corrected chi connectivity index (χ0v) is 9.69. The maximum Gasteiger partial charge on any atom is 0.165 e. The Morgan fingerprint density at radius 2 is 2.07 bits per heavy atom. The molecule has 0 bridgehead atoms. The van der Waals surface area contributed by atoms with Crippen LogP contribution in [0.4, 0.5) is 0 Å². The average Bonchev–Trinajstić information content (AvgIpc) is 2.24. The summed E-state index contributed by atoms with van der Waals surface area (Å²) in [5.74, 6) is 0.265. The normalized spacial score (nSPS) is 19.6. The van der Waals surface area contributed by atoms with E-state index in [4.69, 9.17) is 0 Å².